The van der Waals surface area contributed by atoms with Crippen LogP contribution in [-0.2, 0) is 13.0 Å². The molecule has 1 aromatic heterocycles. The Morgan fingerprint density at radius 2 is 1.55 bits per heavy atom. The Bertz CT molecular complexity index is 342. The summed E-state index contributed by atoms with van der Waals surface area (Å²) in [6.45, 7) is 10.2. The van der Waals surface area contributed by atoms with Gasteiger partial charge in [-0.2, -0.15) is 0 Å². The van der Waals surface area contributed by atoms with Crippen LogP contribution < -0.4 is 0 Å². The summed E-state index contributed by atoms with van der Waals surface area (Å²) in [5, 5.41) is 8.49. The first-order chi connectivity index (χ1) is 9.58. The van der Waals surface area contributed by atoms with Crippen LogP contribution in [0.25, 0.3) is 0 Å². The molecule has 1 rings (SSSR count). The predicted octanol–water partition coefficient (Wildman–Crippen LogP) is 4.86. The fourth-order valence-electron chi connectivity index (χ4n) is 2.44. The summed E-state index contributed by atoms with van der Waals surface area (Å²) in [5.74, 6) is 1.63. The molecule has 3 nitrogen and oxygen atoms in total. The van der Waals surface area contributed by atoms with E-state index in [4.69, 9.17) is 0 Å². The lowest BCUT2D eigenvalue weighted by molar-refractivity contribution is 0.482. The molecule has 0 spiro atoms. The highest BCUT2D eigenvalue weighted by Crippen LogP contribution is 2.11. The van der Waals surface area contributed by atoms with Crippen molar-refractivity contribution < 1.29 is 0 Å². The average Bonchev–Trinajstić information content (AvgIpc) is 2.81. The zero-order chi connectivity index (χ0) is 14.8. The fourth-order valence-corrected chi connectivity index (χ4v) is 2.44. The maximum absolute atomic E-state index is 4.27. The third-order valence-corrected chi connectivity index (χ3v) is 3.72. The molecule has 0 unspecified atom stereocenters. The van der Waals surface area contributed by atoms with E-state index in [-0.39, 0.29) is 0 Å². The Morgan fingerprint density at radius 1 is 0.900 bits per heavy atom. The summed E-state index contributed by atoms with van der Waals surface area (Å²) in [4.78, 5) is 0. The van der Waals surface area contributed by atoms with E-state index in [0.29, 0.717) is 0 Å². The van der Waals surface area contributed by atoms with E-state index >= 15 is 0 Å². The maximum Gasteiger partial charge on any atom is 0.0827 e. The Labute approximate surface area is 125 Å². The lowest BCUT2D eigenvalue weighted by Gasteiger charge is -2.03. The first-order valence-electron chi connectivity index (χ1n) is 8.47. The van der Waals surface area contributed by atoms with Gasteiger partial charge >= 0.3 is 0 Å². The van der Waals surface area contributed by atoms with Gasteiger partial charge in [0.15, 0.2) is 0 Å². The molecule has 0 saturated heterocycles. The van der Waals surface area contributed by atoms with Gasteiger partial charge in [0, 0.05) is 12.7 Å². The van der Waals surface area contributed by atoms with Gasteiger partial charge in [-0.15, -0.1) is 5.10 Å². The molecule has 0 aliphatic heterocycles. The molecule has 0 fully saturated rings. The van der Waals surface area contributed by atoms with Gasteiger partial charge in [0.05, 0.1) is 5.69 Å². The Hall–Kier alpha value is -0.860. The monoisotopic (exact) mass is 279 g/mol. The molecule has 0 aromatic carbocycles. The number of aryl methyl sites for hydroxylation is 2. The Kier molecular flexibility index (Phi) is 8.56. The van der Waals surface area contributed by atoms with Crippen LogP contribution >= 0.6 is 0 Å². The van der Waals surface area contributed by atoms with Crippen molar-refractivity contribution in [3.8, 4) is 0 Å². The van der Waals surface area contributed by atoms with E-state index in [1.807, 2.05) is 4.68 Å². The van der Waals surface area contributed by atoms with Crippen LogP contribution in [-0.4, -0.2) is 15.0 Å². The molecular formula is C17H33N3. The molecule has 0 saturated carbocycles. The van der Waals surface area contributed by atoms with Gasteiger partial charge in [-0.1, -0.05) is 58.6 Å². The SMILES string of the molecule is CC(C)CCCCCCc1cn(CCCC(C)C)nn1. The lowest BCUT2D eigenvalue weighted by atomic mass is 10.0. The number of unbranched alkanes of at least 4 members (excludes halogenated alkanes) is 3. The van der Waals surface area contributed by atoms with Crippen molar-refractivity contribution >= 4 is 0 Å². The Balaban J connectivity index is 2.08. The maximum atomic E-state index is 4.27. The second-order valence-corrected chi connectivity index (χ2v) is 6.86. The predicted molar refractivity (Wildman–Crippen MR) is 85.7 cm³/mol. The summed E-state index contributed by atoms with van der Waals surface area (Å²) in [6.07, 6.45) is 12.4. The van der Waals surface area contributed by atoms with Crippen LogP contribution in [0, 0.1) is 11.8 Å². The van der Waals surface area contributed by atoms with Crippen LogP contribution in [0.3, 0.4) is 0 Å². The molecule has 3 heteroatoms. The largest absolute Gasteiger partial charge is 0.252 e. The number of rotatable bonds is 11. The van der Waals surface area contributed by atoms with Gasteiger partial charge in [-0.25, -0.2) is 0 Å². The lowest BCUT2D eigenvalue weighted by Crippen LogP contribution is -2.00. The molecule has 1 heterocycles. The van der Waals surface area contributed by atoms with Gasteiger partial charge in [0.1, 0.15) is 0 Å². The molecule has 0 aliphatic rings. The number of aromatic nitrogens is 3. The van der Waals surface area contributed by atoms with E-state index in [0.717, 1.165) is 24.8 Å². The van der Waals surface area contributed by atoms with Crippen LogP contribution in [0.2, 0.25) is 0 Å². The molecule has 0 radical (unpaired) electrons. The quantitative estimate of drug-likeness (QED) is 0.541. The molecule has 0 aliphatic carbocycles. The van der Waals surface area contributed by atoms with Crippen molar-refractivity contribution in [1.29, 1.82) is 0 Å². The van der Waals surface area contributed by atoms with Crippen LogP contribution in [0.4, 0.5) is 0 Å². The van der Waals surface area contributed by atoms with Gasteiger partial charge in [0.25, 0.3) is 0 Å². The first kappa shape index (κ1) is 17.2. The number of hydrogen-bond acceptors (Lipinski definition) is 2. The van der Waals surface area contributed by atoms with Crippen molar-refractivity contribution in [2.24, 2.45) is 11.8 Å². The third-order valence-electron chi connectivity index (χ3n) is 3.72. The van der Waals surface area contributed by atoms with E-state index in [2.05, 4.69) is 44.2 Å². The summed E-state index contributed by atoms with van der Waals surface area (Å²) < 4.78 is 2.01. The molecule has 1 aromatic rings. The molecule has 0 amide bonds. The zero-order valence-electron chi connectivity index (χ0n) is 13.9. The van der Waals surface area contributed by atoms with Crippen LogP contribution in [0.1, 0.15) is 78.3 Å². The minimum Gasteiger partial charge on any atom is -0.252 e. The smallest absolute Gasteiger partial charge is 0.0827 e. The van der Waals surface area contributed by atoms with Gasteiger partial charge in [-0.3, -0.25) is 4.68 Å². The minimum atomic E-state index is 0.781. The van der Waals surface area contributed by atoms with Crippen molar-refractivity contribution in [2.45, 2.75) is 85.6 Å². The molecular weight excluding hydrogens is 246 g/mol. The molecule has 0 bridgehead atoms. The second kappa shape index (κ2) is 9.95. The number of nitrogens with zero attached hydrogens (tertiary/aromatic N) is 3. The standard InChI is InChI=1S/C17H33N3/c1-15(2)10-7-5-6-8-12-17-14-20(19-18-17)13-9-11-16(3)4/h14-16H,5-13H2,1-4H3. The van der Waals surface area contributed by atoms with Gasteiger partial charge in [-0.05, 0) is 37.5 Å². The summed E-state index contributed by atoms with van der Waals surface area (Å²) in [6, 6.07) is 0. The minimum absolute atomic E-state index is 0.781. The highest BCUT2D eigenvalue weighted by atomic mass is 15.4. The molecule has 0 atom stereocenters. The topological polar surface area (TPSA) is 30.7 Å². The fraction of sp³-hybridized carbons (Fsp3) is 0.882. The van der Waals surface area contributed by atoms with E-state index < -0.39 is 0 Å². The van der Waals surface area contributed by atoms with Gasteiger partial charge in [0.2, 0.25) is 0 Å². The molecule has 116 valence electrons. The first-order valence-corrected chi connectivity index (χ1v) is 8.47. The van der Waals surface area contributed by atoms with Crippen molar-refractivity contribution in [3.63, 3.8) is 0 Å². The summed E-state index contributed by atoms with van der Waals surface area (Å²) >= 11 is 0. The summed E-state index contributed by atoms with van der Waals surface area (Å²) in [5.41, 5.74) is 1.17. The van der Waals surface area contributed by atoms with Crippen molar-refractivity contribution in [2.75, 3.05) is 0 Å². The van der Waals surface area contributed by atoms with Crippen molar-refractivity contribution in [3.05, 3.63) is 11.9 Å². The zero-order valence-corrected chi connectivity index (χ0v) is 13.9. The Morgan fingerprint density at radius 3 is 2.25 bits per heavy atom. The summed E-state index contributed by atoms with van der Waals surface area (Å²) in [7, 11) is 0. The molecule has 20 heavy (non-hydrogen) atoms. The normalized spacial score (nSPS) is 11.7. The van der Waals surface area contributed by atoms with Crippen molar-refractivity contribution in [1.82, 2.24) is 15.0 Å². The van der Waals surface area contributed by atoms with Crippen LogP contribution in [0.5, 0.6) is 0 Å². The van der Waals surface area contributed by atoms with Crippen LogP contribution in [0.15, 0.2) is 6.20 Å². The third kappa shape index (κ3) is 8.34. The van der Waals surface area contributed by atoms with E-state index in [9.17, 15) is 0 Å². The van der Waals surface area contributed by atoms with E-state index in [1.165, 1.54) is 50.6 Å². The highest BCUT2D eigenvalue weighted by molar-refractivity contribution is 4.92. The molecule has 0 N–H and O–H groups in total. The number of hydrogen-bond donors (Lipinski definition) is 0. The van der Waals surface area contributed by atoms with Gasteiger partial charge < -0.3 is 0 Å². The van der Waals surface area contributed by atoms with E-state index in [1.54, 1.807) is 0 Å². The highest BCUT2D eigenvalue weighted by Gasteiger charge is 2.02. The second-order valence-electron chi connectivity index (χ2n) is 6.86. The average molecular weight is 279 g/mol.